The minimum atomic E-state index is 0.0453. The van der Waals surface area contributed by atoms with E-state index in [1.54, 1.807) is 11.0 Å². The summed E-state index contributed by atoms with van der Waals surface area (Å²) in [5.74, 6) is 0. The Morgan fingerprint density at radius 3 is 2.15 bits per heavy atom. The molecule has 1 N–H and O–H groups in total. The highest BCUT2D eigenvalue weighted by Gasteiger charge is 2.26. The Morgan fingerprint density at radius 1 is 1.05 bits per heavy atom. The topological polar surface area (TPSA) is 15.3 Å². The van der Waals surface area contributed by atoms with E-state index >= 15 is 0 Å². The van der Waals surface area contributed by atoms with Gasteiger partial charge < -0.3 is 10.2 Å². The lowest BCUT2D eigenvalue weighted by Crippen LogP contribution is -2.31. The van der Waals surface area contributed by atoms with Crippen molar-refractivity contribution in [3.8, 4) is 0 Å². The molecule has 1 aliphatic carbocycles. The van der Waals surface area contributed by atoms with Crippen molar-refractivity contribution in [2.24, 2.45) is 0 Å². The fourth-order valence-electron chi connectivity index (χ4n) is 3.33. The van der Waals surface area contributed by atoms with E-state index < -0.39 is 0 Å². The maximum Gasteiger partial charge on any atom is 0.0271 e. The molecule has 0 aromatic carbocycles. The number of nitrogens with one attached hydrogen (secondary N) is 1. The number of nitrogens with zero attached hydrogens (tertiary/aromatic N) is 1. The van der Waals surface area contributed by atoms with Crippen molar-refractivity contribution in [1.82, 2.24) is 10.2 Å². The lowest BCUT2D eigenvalue weighted by molar-refractivity contribution is 0.305. The van der Waals surface area contributed by atoms with Gasteiger partial charge in [0.25, 0.3) is 0 Å². The Morgan fingerprint density at radius 2 is 1.65 bits per heavy atom. The van der Waals surface area contributed by atoms with E-state index in [0.29, 0.717) is 0 Å². The van der Waals surface area contributed by atoms with E-state index in [9.17, 15) is 0 Å². The molecular formula is C17H35N2P. The summed E-state index contributed by atoms with van der Waals surface area (Å²) in [7, 11) is 0.0453. The van der Waals surface area contributed by atoms with Crippen LogP contribution in [0.5, 0.6) is 0 Å². The van der Waals surface area contributed by atoms with E-state index in [2.05, 4.69) is 51.8 Å². The van der Waals surface area contributed by atoms with Gasteiger partial charge >= 0.3 is 0 Å². The molecule has 20 heavy (non-hydrogen) atoms. The van der Waals surface area contributed by atoms with Crippen molar-refractivity contribution in [1.29, 1.82) is 0 Å². The highest BCUT2D eigenvalue weighted by Crippen LogP contribution is 2.58. The van der Waals surface area contributed by atoms with E-state index in [1.165, 1.54) is 25.8 Å². The summed E-state index contributed by atoms with van der Waals surface area (Å²) in [6.45, 7) is 18.7. The first-order valence-corrected chi connectivity index (χ1v) is 9.95. The molecule has 1 aliphatic rings. The quantitative estimate of drug-likeness (QED) is 0.625. The van der Waals surface area contributed by atoms with Gasteiger partial charge in [-0.3, -0.25) is 0 Å². The highest BCUT2D eigenvalue weighted by molar-refractivity contribution is 7.63. The molecule has 0 unspecified atom stereocenters. The van der Waals surface area contributed by atoms with Crippen molar-refractivity contribution in [2.75, 3.05) is 26.2 Å². The van der Waals surface area contributed by atoms with Crippen LogP contribution >= 0.6 is 7.92 Å². The van der Waals surface area contributed by atoms with Gasteiger partial charge in [0.15, 0.2) is 0 Å². The first kappa shape index (κ1) is 18.0. The lowest BCUT2D eigenvalue weighted by Gasteiger charge is -2.29. The molecule has 0 aromatic rings. The molecular weight excluding hydrogens is 263 g/mol. The van der Waals surface area contributed by atoms with Crippen LogP contribution in [0.4, 0.5) is 0 Å². The Bertz CT molecular complexity index is 298. The average Bonchev–Trinajstić information content (AvgIpc) is 2.82. The van der Waals surface area contributed by atoms with Crippen molar-refractivity contribution in [3.63, 3.8) is 0 Å². The van der Waals surface area contributed by atoms with Crippen LogP contribution in [0.1, 0.15) is 60.8 Å². The van der Waals surface area contributed by atoms with E-state index in [-0.39, 0.29) is 7.92 Å². The van der Waals surface area contributed by atoms with Crippen LogP contribution in [0.3, 0.4) is 0 Å². The van der Waals surface area contributed by atoms with Crippen molar-refractivity contribution in [2.45, 2.75) is 72.1 Å². The average molecular weight is 298 g/mol. The molecule has 0 fully saturated rings. The zero-order chi connectivity index (χ0) is 15.1. The third-order valence-corrected chi connectivity index (χ3v) is 7.62. The van der Waals surface area contributed by atoms with Gasteiger partial charge in [0, 0.05) is 18.8 Å². The molecule has 0 aromatic heterocycles. The Balaban J connectivity index is 2.63. The third kappa shape index (κ3) is 5.04. The van der Waals surface area contributed by atoms with Crippen molar-refractivity contribution >= 4 is 7.92 Å². The molecule has 3 heteroatoms. The molecule has 0 radical (unpaired) electrons. The maximum atomic E-state index is 3.78. The van der Waals surface area contributed by atoms with Crippen LogP contribution < -0.4 is 5.32 Å². The summed E-state index contributed by atoms with van der Waals surface area (Å²) in [4.78, 5) is 2.50. The van der Waals surface area contributed by atoms with E-state index in [0.717, 1.165) is 31.0 Å². The van der Waals surface area contributed by atoms with Gasteiger partial charge in [-0.25, -0.2) is 0 Å². The molecule has 0 amide bonds. The highest BCUT2D eigenvalue weighted by atomic mass is 31.1. The predicted octanol–water partition coefficient (Wildman–Crippen LogP) is 4.61. The normalized spacial score (nSPS) is 16.3. The fraction of sp³-hybridized carbons (Fsp3) is 0.882. The van der Waals surface area contributed by atoms with Crippen LogP contribution in [-0.2, 0) is 0 Å². The second-order valence-corrected chi connectivity index (χ2v) is 9.75. The zero-order valence-corrected chi connectivity index (χ0v) is 15.4. The Hall–Kier alpha value is -0.0700. The molecule has 0 bridgehead atoms. The van der Waals surface area contributed by atoms with Gasteiger partial charge in [-0.1, -0.05) is 49.5 Å². The van der Waals surface area contributed by atoms with Crippen LogP contribution in [-0.4, -0.2) is 42.4 Å². The summed E-state index contributed by atoms with van der Waals surface area (Å²) < 4.78 is 0. The summed E-state index contributed by atoms with van der Waals surface area (Å²) in [5.41, 5.74) is 3.24. The van der Waals surface area contributed by atoms with Crippen LogP contribution in [0.15, 0.2) is 11.0 Å². The second-order valence-electron chi connectivity index (χ2n) is 6.33. The summed E-state index contributed by atoms with van der Waals surface area (Å²) in [6, 6.07) is 0. The number of likely N-dealkylation sites (N-methyl/N-ethyl adjacent to an activating group) is 1. The number of hydrogen-bond acceptors (Lipinski definition) is 2. The lowest BCUT2D eigenvalue weighted by atomic mass is 10.3. The molecule has 0 atom stereocenters. The summed E-state index contributed by atoms with van der Waals surface area (Å²) in [6.07, 6.45) is 3.99. The fourth-order valence-corrected chi connectivity index (χ4v) is 6.69. The van der Waals surface area contributed by atoms with Gasteiger partial charge in [-0.15, -0.1) is 0 Å². The van der Waals surface area contributed by atoms with Gasteiger partial charge in [0.1, 0.15) is 0 Å². The molecule has 1 rings (SSSR count). The zero-order valence-electron chi connectivity index (χ0n) is 14.5. The monoisotopic (exact) mass is 298 g/mol. The number of hydrogen-bond donors (Lipinski definition) is 1. The molecule has 118 valence electrons. The minimum Gasteiger partial charge on any atom is -0.387 e. The van der Waals surface area contributed by atoms with Crippen molar-refractivity contribution < 1.29 is 0 Å². The first-order valence-electron chi connectivity index (χ1n) is 8.47. The maximum absolute atomic E-state index is 3.78. The molecule has 0 saturated carbocycles. The minimum absolute atomic E-state index is 0.0453. The van der Waals surface area contributed by atoms with E-state index in [4.69, 9.17) is 0 Å². The van der Waals surface area contributed by atoms with Gasteiger partial charge in [0.05, 0.1) is 0 Å². The predicted molar refractivity (Wildman–Crippen MR) is 93.9 cm³/mol. The van der Waals surface area contributed by atoms with Crippen LogP contribution in [0.2, 0.25) is 0 Å². The summed E-state index contributed by atoms with van der Waals surface area (Å²) >= 11 is 0. The Kier molecular flexibility index (Phi) is 8.14. The smallest absolute Gasteiger partial charge is 0.0271 e. The van der Waals surface area contributed by atoms with Gasteiger partial charge in [-0.2, -0.15) is 0 Å². The standard InChI is InChI=1S/C17H35N2P/c1-7-19(8-2)13-12-18-16-10-9-11-17(16)20(14(3)4)15(5)6/h14-15,18H,7-13H2,1-6H3. The number of rotatable bonds is 9. The molecule has 0 saturated heterocycles. The third-order valence-electron chi connectivity index (χ3n) is 4.27. The molecule has 0 heterocycles. The van der Waals surface area contributed by atoms with E-state index in [1.807, 2.05) is 0 Å². The van der Waals surface area contributed by atoms with Crippen molar-refractivity contribution in [3.05, 3.63) is 11.0 Å². The molecule has 0 spiro atoms. The largest absolute Gasteiger partial charge is 0.387 e. The first-order chi connectivity index (χ1) is 9.51. The van der Waals surface area contributed by atoms with Gasteiger partial charge in [0.2, 0.25) is 0 Å². The molecule has 0 aliphatic heterocycles. The van der Waals surface area contributed by atoms with Crippen LogP contribution in [0.25, 0.3) is 0 Å². The second kappa shape index (κ2) is 9.05. The summed E-state index contributed by atoms with van der Waals surface area (Å²) in [5, 5.41) is 5.57. The van der Waals surface area contributed by atoms with Crippen LogP contribution in [0, 0.1) is 0 Å². The number of allylic oxidation sites excluding steroid dienone is 2. The Labute approximate surface area is 128 Å². The van der Waals surface area contributed by atoms with Gasteiger partial charge in [-0.05, 0) is 49.0 Å². The molecule has 2 nitrogen and oxygen atoms in total. The SMILES string of the molecule is CCN(CC)CCNC1=C(P(C(C)C)C(C)C)CCC1.